The lowest BCUT2D eigenvalue weighted by atomic mass is 10.0. The maximum atomic E-state index is 13.4. The zero-order valence-corrected chi connectivity index (χ0v) is 20.9. The van der Waals surface area contributed by atoms with Gasteiger partial charge in [-0.15, -0.1) is 0 Å². The van der Waals surface area contributed by atoms with Gasteiger partial charge >= 0.3 is 0 Å². The van der Waals surface area contributed by atoms with E-state index in [1.54, 1.807) is 12.1 Å². The van der Waals surface area contributed by atoms with Crippen molar-refractivity contribution >= 4 is 9.84 Å². The molecule has 1 atom stereocenters. The lowest BCUT2D eigenvalue weighted by molar-refractivity contribution is 0.341. The average molecular weight is 445 g/mol. The number of hydrogen-bond donors (Lipinski definition) is 1. The van der Waals surface area contributed by atoms with Crippen molar-refractivity contribution in [1.82, 2.24) is 0 Å². The van der Waals surface area contributed by atoms with E-state index in [0.717, 1.165) is 48.0 Å². The fraction of sp³-hybridized carbons (Fsp3) is 0.481. The quantitative estimate of drug-likeness (QED) is 0.357. The molecule has 172 valence electrons. The second kappa shape index (κ2) is 13.5. The van der Waals surface area contributed by atoms with E-state index in [-0.39, 0.29) is 6.61 Å². The van der Waals surface area contributed by atoms with Crippen LogP contribution in [-0.2, 0) is 9.84 Å². The van der Waals surface area contributed by atoms with Crippen LogP contribution in [0.2, 0.25) is 0 Å². The lowest BCUT2D eigenvalue weighted by Crippen LogP contribution is -2.20. The molecular formula is C27H40O3S. The standard InChI is InChI=1S/C27H40O3S/c1-21(2)9-7-11-24(5)19-27(20-25(6)12-8-10-22(3)17-18-28)31(29,30)26-15-13-23(4)14-16-26/h9,12-17,19,27-28H,7-8,10-11,18,20H2,1-6H3/b22-17+,24-19+,25-12+. The summed E-state index contributed by atoms with van der Waals surface area (Å²) >= 11 is 0. The summed E-state index contributed by atoms with van der Waals surface area (Å²) in [5, 5.41) is 8.41. The van der Waals surface area contributed by atoms with Crippen molar-refractivity contribution in [1.29, 1.82) is 0 Å². The van der Waals surface area contributed by atoms with Crippen molar-refractivity contribution in [2.45, 2.75) is 83.8 Å². The first-order valence-electron chi connectivity index (χ1n) is 11.1. The SMILES string of the molecule is CC(C)=CCC/C(C)=C/C(C/C(C)=C/CC/C(C)=C/CO)S(=O)(=O)c1ccc(C)cc1. The maximum Gasteiger partial charge on any atom is 0.185 e. The maximum absolute atomic E-state index is 13.4. The molecule has 1 rings (SSSR count). The minimum absolute atomic E-state index is 0.0578. The van der Waals surface area contributed by atoms with Crippen LogP contribution in [0.25, 0.3) is 0 Å². The summed E-state index contributed by atoms with van der Waals surface area (Å²) in [5.41, 5.74) is 5.65. The summed E-state index contributed by atoms with van der Waals surface area (Å²) in [4.78, 5) is 0.381. The molecule has 0 saturated carbocycles. The molecule has 0 spiro atoms. The second-order valence-corrected chi connectivity index (χ2v) is 10.9. The first kappa shape index (κ1) is 27.1. The molecule has 31 heavy (non-hydrogen) atoms. The molecule has 1 unspecified atom stereocenters. The number of hydrogen-bond acceptors (Lipinski definition) is 3. The van der Waals surface area contributed by atoms with Gasteiger partial charge < -0.3 is 5.11 Å². The van der Waals surface area contributed by atoms with Crippen LogP contribution in [0.4, 0.5) is 0 Å². The number of rotatable bonds is 12. The third kappa shape index (κ3) is 10.3. The van der Waals surface area contributed by atoms with E-state index in [4.69, 9.17) is 5.11 Å². The van der Waals surface area contributed by atoms with Crippen LogP contribution < -0.4 is 0 Å². The van der Waals surface area contributed by atoms with E-state index < -0.39 is 15.1 Å². The summed E-state index contributed by atoms with van der Waals surface area (Å²) in [6.07, 6.45) is 12.0. The summed E-state index contributed by atoms with van der Waals surface area (Å²) in [7, 11) is -3.48. The third-order valence-corrected chi connectivity index (χ3v) is 7.33. The smallest absolute Gasteiger partial charge is 0.185 e. The number of aliphatic hydroxyl groups excluding tert-OH is 1. The van der Waals surface area contributed by atoms with Gasteiger partial charge in [-0.1, -0.05) is 64.3 Å². The first-order chi connectivity index (χ1) is 14.6. The van der Waals surface area contributed by atoms with Gasteiger partial charge in [0.25, 0.3) is 0 Å². The van der Waals surface area contributed by atoms with E-state index in [9.17, 15) is 8.42 Å². The Morgan fingerprint density at radius 1 is 0.871 bits per heavy atom. The Morgan fingerprint density at radius 2 is 1.45 bits per heavy atom. The lowest BCUT2D eigenvalue weighted by Gasteiger charge is -2.17. The molecule has 0 aromatic heterocycles. The van der Waals surface area contributed by atoms with Gasteiger partial charge in [-0.3, -0.25) is 0 Å². The van der Waals surface area contributed by atoms with Gasteiger partial charge in [0.2, 0.25) is 0 Å². The number of aliphatic hydroxyl groups is 1. The topological polar surface area (TPSA) is 54.4 Å². The van der Waals surface area contributed by atoms with E-state index in [0.29, 0.717) is 11.3 Å². The predicted molar refractivity (Wildman–Crippen MR) is 133 cm³/mol. The third-order valence-electron chi connectivity index (χ3n) is 5.30. The van der Waals surface area contributed by atoms with Crippen LogP contribution in [0.5, 0.6) is 0 Å². The van der Waals surface area contributed by atoms with Crippen molar-refractivity contribution < 1.29 is 13.5 Å². The van der Waals surface area contributed by atoms with E-state index in [2.05, 4.69) is 26.0 Å². The van der Waals surface area contributed by atoms with Gasteiger partial charge in [0, 0.05) is 0 Å². The minimum Gasteiger partial charge on any atom is -0.392 e. The summed E-state index contributed by atoms with van der Waals surface area (Å²) in [6, 6.07) is 7.14. The molecule has 0 heterocycles. The van der Waals surface area contributed by atoms with Crippen molar-refractivity contribution in [3.63, 3.8) is 0 Å². The van der Waals surface area contributed by atoms with Crippen LogP contribution in [0.3, 0.4) is 0 Å². The number of allylic oxidation sites excluding steroid dienone is 6. The molecule has 0 aliphatic rings. The fourth-order valence-electron chi connectivity index (χ4n) is 3.35. The largest absolute Gasteiger partial charge is 0.392 e. The molecule has 1 aromatic carbocycles. The Balaban J connectivity index is 3.11. The number of sulfone groups is 1. The molecule has 1 N–H and O–H groups in total. The molecule has 0 amide bonds. The van der Waals surface area contributed by atoms with Crippen LogP contribution in [0.1, 0.15) is 72.3 Å². The van der Waals surface area contributed by atoms with Crippen molar-refractivity contribution in [2.24, 2.45) is 0 Å². The Bertz CT molecular complexity index is 910. The average Bonchev–Trinajstić information content (AvgIpc) is 2.67. The van der Waals surface area contributed by atoms with Crippen molar-refractivity contribution in [2.75, 3.05) is 6.61 Å². The monoisotopic (exact) mass is 444 g/mol. The zero-order valence-electron chi connectivity index (χ0n) is 20.1. The van der Waals surface area contributed by atoms with Crippen molar-refractivity contribution in [3.8, 4) is 0 Å². The molecule has 3 nitrogen and oxygen atoms in total. The highest BCUT2D eigenvalue weighted by Crippen LogP contribution is 2.25. The van der Waals surface area contributed by atoms with Crippen LogP contribution in [-0.4, -0.2) is 25.4 Å². The molecule has 0 aliphatic carbocycles. The molecule has 0 fully saturated rings. The Morgan fingerprint density at radius 3 is 2.03 bits per heavy atom. The van der Waals surface area contributed by atoms with Gasteiger partial charge in [0.15, 0.2) is 9.84 Å². The molecule has 0 radical (unpaired) electrons. The van der Waals surface area contributed by atoms with Gasteiger partial charge in [-0.25, -0.2) is 8.42 Å². The molecule has 0 aliphatic heterocycles. The van der Waals surface area contributed by atoms with Gasteiger partial charge in [0.1, 0.15) is 0 Å². The normalized spacial score (nSPS) is 14.5. The Labute approximate surface area is 190 Å². The van der Waals surface area contributed by atoms with Gasteiger partial charge in [0.05, 0.1) is 16.8 Å². The Kier molecular flexibility index (Phi) is 11.8. The van der Waals surface area contributed by atoms with E-state index in [1.807, 2.05) is 52.0 Å². The Hall–Kier alpha value is -1.91. The minimum atomic E-state index is -3.48. The molecule has 4 heteroatoms. The molecule has 1 aromatic rings. The predicted octanol–water partition coefficient (Wildman–Crippen LogP) is 6.89. The van der Waals surface area contributed by atoms with Crippen LogP contribution in [0.15, 0.2) is 75.8 Å². The molecule has 0 bridgehead atoms. The molecular weight excluding hydrogens is 404 g/mol. The van der Waals surface area contributed by atoms with E-state index >= 15 is 0 Å². The van der Waals surface area contributed by atoms with Gasteiger partial charge in [-0.05, 0) is 85.8 Å². The summed E-state index contributed by atoms with van der Waals surface area (Å²) in [6.45, 7) is 12.2. The number of aryl methyl sites for hydroxylation is 1. The summed E-state index contributed by atoms with van der Waals surface area (Å²) < 4.78 is 26.9. The highest BCUT2D eigenvalue weighted by molar-refractivity contribution is 7.92. The van der Waals surface area contributed by atoms with Crippen LogP contribution in [0, 0.1) is 6.92 Å². The number of benzene rings is 1. The first-order valence-corrected chi connectivity index (χ1v) is 12.6. The highest BCUT2D eigenvalue weighted by atomic mass is 32.2. The zero-order chi connectivity index (χ0) is 23.4. The highest BCUT2D eigenvalue weighted by Gasteiger charge is 2.26. The van der Waals surface area contributed by atoms with Crippen molar-refractivity contribution in [3.05, 3.63) is 76.4 Å². The summed E-state index contributed by atoms with van der Waals surface area (Å²) in [5.74, 6) is 0. The second-order valence-electron chi connectivity index (χ2n) is 8.76. The van der Waals surface area contributed by atoms with Gasteiger partial charge in [-0.2, -0.15) is 0 Å². The fourth-order valence-corrected chi connectivity index (χ4v) is 5.11. The molecule has 0 saturated heterocycles. The van der Waals surface area contributed by atoms with Crippen LogP contribution >= 0.6 is 0 Å². The van der Waals surface area contributed by atoms with E-state index in [1.165, 1.54) is 5.57 Å².